The average molecular weight is 231 g/mol. The van der Waals surface area contributed by atoms with E-state index in [0.29, 0.717) is 0 Å². The van der Waals surface area contributed by atoms with Crippen molar-refractivity contribution in [2.45, 2.75) is 26.2 Å². The zero-order chi connectivity index (χ0) is 10.9. The van der Waals surface area contributed by atoms with Gasteiger partial charge in [0, 0.05) is 0 Å². The summed E-state index contributed by atoms with van der Waals surface area (Å²) in [6.45, 7) is 5.97. The summed E-state index contributed by atoms with van der Waals surface area (Å²) in [4.78, 5) is 10.7. The van der Waals surface area contributed by atoms with Gasteiger partial charge in [0.25, 0.3) is 0 Å². The van der Waals surface area contributed by atoms with Crippen LogP contribution in [0.15, 0.2) is 18.2 Å². The SMILES string of the molecule is CC(C)(C)c1ccc(O)c(C(=O)O)c1.Cl. The second kappa shape index (κ2) is 4.53. The number of carbonyl (C=O) groups is 1. The number of benzene rings is 1. The first kappa shape index (κ1) is 13.8. The number of hydrogen-bond donors (Lipinski definition) is 2. The van der Waals surface area contributed by atoms with Gasteiger partial charge in [-0.25, -0.2) is 4.79 Å². The fourth-order valence-corrected chi connectivity index (χ4v) is 1.17. The Balaban J connectivity index is 0.00000196. The van der Waals surface area contributed by atoms with Gasteiger partial charge in [0.1, 0.15) is 11.3 Å². The average Bonchev–Trinajstić information content (AvgIpc) is 2.02. The van der Waals surface area contributed by atoms with Crippen LogP contribution in [0, 0.1) is 0 Å². The van der Waals surface area contributed by atoms with Crippen LogP contribution in [-0.2, 0) is 5.41 Å². The minimum Gasteiger partial charge on any atom is -0.507 e. The number of carboxylic acid groups (broad SMARTS) is 1. The number of halogens is 1. The van der Waals surface area contributed by atoms with Crippen LogP contribution in [-0.4, -0.2) is 16.2 Å². The van der Waals surface area contributed by atoms with Crippen LogP contribution in [0.5, 0.6) is 5.75 Å². The predicted octanol–water partition coefficient (Wildman–Crippen LogP) is 2.81. The fourth-order valence-electron chi connectivity index (χ4n) is 1.17. The van der Waals surface area contributed by atoms with E-state index in [9.17, 15) is 9.90 Å². The first-order valence-corrected chi connectivity index (χ1v) is 4.39. The van der Waals surface area contributed by atoms with Gasteiger partial charge in [0.05, 0.1) is 0 Å². The molecule has 0 aliphatic heterocycles. The minimum absolute atomic E-state index is 0. The van der Waals surface area contributed by atoms with E-state index < -0.39 is 5.97 Å². The van der Waals surface area contributed by atoms with Crippen molar-refractivity contribution in [3.63, 3.8) is 0 Å². The van der Waals surface area contributed by atoms with E-state index in [0.717, 1.165) is 5.56 Å². The summed E-state index contributed by atoms with van der Waals surface area (Å²) in [6, 6.07) is 4.67. The molecule has 0 aliphatic carbocycles. The van der Waals surface area contributed by atoms with Crippen LogP contribution >= 0.6 is 12.4 Å². The van der Waals surface area contributed by atoms with Gasteiger partial charge in [-0.2, -0.15) is 0 Å². The third-order valence-corrected chi connectivity index (χ3v) is 2.09. The van der Waals surface area contributed by atoms with Gasteiger partial charge >= 0.3 is 5.97 Å². The molecule has 1 aromatic rings. The van der Waals surface area contributed by atoms with Crippen molar-refractivity contribution >= 4 is 18.4 Å². The van der Waals surface area contributed by atoms with Gasteiger partial charge in [0.2, 0.25) is 0 Å². The maximum Gasteiger partial charge on any atom is 0.339 e. The van der Waals surface area contributed by atoms with Crippen LogP contribution in [0.4, 0.5) is 0 Å². The standard InChI is InChI=1S/C11H14O3.ClH/c1-11(2,3)7-4-5-9(12)8(6-7)10(13)14;/h4-6,12H,1-3H3,(H,13,14);1H. The lowest BCUT2D eigenvalue weighted by Gasteiger charge is -2.19. The fraction of sp³-hybridized carbons (Fsp3) is 0.364. The van der Waals surface area contributed by atoms with Crippen molar-refractivity contribution in [1.82, 2.24) is 0 Å². The van der Waals surface area contributed by atoms with Gasteiger partial charge in [-0.05, 0) is 23.1 Å². The molecule has 4 heteroatoms. The highest BCUT2D eigenvalue weighted by Gasteiger charge is 2.17. The van der Waals surface area contributed by atoms with Gasteiger partial charge in [-0.3, -0.25) is 0 Å². The lowest BCUT2D eigenvalue weighted by molar-refractivity contribution is 0.0693. The van der Waals surface area contributed by atoms with E-state index in [-0.39, 0.29) is 29.1 Å². The zero-order valence-corrected chi connectivity index (χ0v) is 9.76. The lowest BCUT2D eigenvalue weighted by atomic mass is 9.86. The Hall–Kier alpha value is -1.22. The summed E-state index contributed by atoms with van der Waals surface area (Å²) >= 11 is 0. The zero-order valence-electron chi connectivity index (χ0n) is 8.94. The van der Waals surface area contributed by atoms with Gasteiger partial charge in [0.15, 0.2) is 0 Å². The van der Waals surface area contributed by atoms with Gasteiger partial charge in [-0.1, -0.05) is 26.8 Å². The molecule has 0 saturated carbocycles. The van der Waals surface area contributed by atoms with Gasteiger partial charge < -0.3 is 10.2 Å². The molecule has 1 rings (SSSR count). The topological polar surface area (TPSA) is 57.5 Å². The highest BCUT2D eigenvalue weighted by Crippen LogP contribution is 2.27. The number of rotatable bonds is 1. The van der Waals surface area contributed by atoms with E-state index in [1.807, 2.05) is 20.8 Å². The lowest BCUT2D eigenvalue weighted by Crippen LogP contribution is -2.12. The van der Waals surface area contributed by atoms with Crippen LogP contribution in [0.2, 0.25) is 0 Å². The molecular formula is C11H15ClO3. The first-order valence-electron chi connectivity index (χ1n) is 4.39. The summed E-state index contributed by atoms with van der Waals surface area (Å²) in [5.41, 5.74) is 0.739. The summed E-state index contributed by atoms with van der Waals surface area (Å²) < 4.78 is 0. The first-order chi connectivity index (χ1) is 6.32. The molecule has 2 N–H and O–H groups in total. The monoisotopic (exact) mass is 230 g/mol. The third-order valence-electron chi connectivity index (χ3n) is 2.09. The number of hydrogen-bond acceptors (Lipinski definition) is 2. The molecule has 0 fully saturated rings. The third kappa shape index (κ3) is 3.13. The van der Waals surface area contributed by atoms with Crippen molar-refractivity contribution < 1.29 is 15.0 Å². The van der Waals surface area contributed by atoms with E-state index in [1.165, 1.54) is 12.1 Å². The Morgan fingerprint density at radius 1 is 1.27 bits per heavy atom. The van der Waals surface area contributed by atoms with Gasteiger partial charge in [-0.15, -0.1) is 12.4 Å². The number of aromatic carboxylic acids is 1. The Morgan fingerprint density at radius 2 is 1.80 bits per heavy atom. The van der Waals surface area contributed by atoms with E-state index in [2.05, 4.69) is 0 Å². The molecule has 0 bridgehead atoms. The summed E-state index contributed by atoms with van der Waals surface area (Å²) in [5, 5.41) is 18.1. The largest absolute Gasteiger partial charge is 0.507 e. The Labute approximate surface area is 95.2 Å². The quantitative estimate of drug-likeness (QED) is 0.780. The maximum absolute atomic E-state index is 10.7. The van der Waals surface area contributed by atoms with E-state index >= 15 is 0 Å². The van der Waals surface area contributed by atoms with E-state index in [1.54, 1.807) is 6.07 Å². The van der Waals surface area contributed by atoms with Crippen molar-refractivity contribution in [2.24, 2.45) is 0 Å². The second-order valence-corrected chi connectivity index (χ2v) is 4.29. The highest BCUT2D eigenvalue weighted by molar-refractivity contribution is 5.91. The Morgan fingerprint density at radius 3 is 2.20 bits per heavy atom. The summed E-state index contributed by atoms with van der Waals surface area (Å²) in [5.74, 6) is -1.29. The van der Waals surface area contributed by atoms with Crippen molar-refractivity contribution in [3.8, 4) is 5.75 Å². The second-order valence-electron chi connectivity index (χ2n) is 4.29. The Kier molecular flexibility index (Phi) is 4.16. The van der Waals surface area contributed by atoms with Crippen LogP contribution in [0.1, 0.15) is 36.7 Å². The molecule has 0 saturated heterocycles. The van der Waals surface area contributed by atoms with Crippen LogP contribution in [0.25, 0.3) is 0 Å². The molecule has 0 spiro atoms. The molecule has 84 valence electrons. The van der Waals surface area contributed by atoms with Crippen molar-refractivity contribution in [2.75, 3.05) is 0 Å². The van der Waals surface area contributed by atoms with E-state index in [4.69, 9.17) is 5.11 Å². The number of carboxylic acids is 1. The molecule has 0 amide bonds. The highest BCUT2D eigenvalue weighted by atomic mass is 35.5. The molecule has 0 radical (unpaired) electrons. The molecule has 15 heavy (non-hydrogen) atoms. The molecule has 1 aromatic carbocycles. The summed E-state index contributed by atoms with van der Waals surface area (Å²) in [6.07, 6.45) is 0. The van der Waals surface area contributed by atoms with Crippen molar-refractivity contribution in [3.05, 3.63) is 29.3 Å². The molecule has 3 nitrogen and oxygen atoms in total. The maximum atomic E-state index is 10.7. The molecule has 0 atom stereocenters. The normalized spacial score (nSPS) is 10.6. The molecular weight excluding hydrogens is 216 g/mol. The Bertz CT molecular complexity index is 367. The molecule has 0 heterocycles. The van der Waals surface area contributed by atoms with Crippen molar-refractivity contribution in [1.29, 1.82) is 0 Å². The molecule has 0 aliphatic rings. The molecule has 0 aromatic heterocycles. The predicted molar refractivity (Wildman–Crippen MR) is 61.0 cm³/mol. The van der Waals surface area contributed by atoms with Crippen LogP contribution in [0.3, 0.4) is 0 Å². The number of aromatic hydroxyl groups is 1. The molecule has 0 unspecified atom stereocenters. The van der Waals surface area contributed by atoms with Crippen LogP contribution < -0.4 is 0 Å². The number of phenols is 1. The minimum atomic E-state index is -1.10. The smallest absolute Gasteiger partial charge is 0.339 e. The summed E-state index contributed by atoms with van der Waals surface area (Å²) in [7, 11) is 0.